The van der Waals surface area contributed by atoms with Gasteiger partial charge in [0.05, 0.1) is 10.6 Å². The summed E-state index contributed by atoms with van der Waals surface area (Å²) in [7, 11) is -4.07. The minimum absolute atomic E-state index is 0.0719. The highest BCUT2D eigenvalue weighted by molar-refractivity contribution is 7.92. The monoisotopic (exact) mass is 555 g/mol. The van der Waals surface area contributed by atoms with Gasteiger partial charge in [-0.2, -0.15) is 0 Å². The Kier molecular flexibility index (Phi) is 10.3. The van der Waals surface area contributed by atoms with Crippen LogP contribution in [0.5, 0.6) is 0 Å². The van der Waals surface area contributed by atoms with E-state index in [-0.39, 0.29) is 23.3 Å². The van der Waals surface area contributed by atoms with Gasteiger partial charge in [-0.3, -0.25) is 13.9 Å². The van der Waals surface area contributed by atoms with Crippen LogP contribution in [0.15, 0.2) is 89.8 Å². The molecule has 0 aliphatic rings. The van der Waals surface area contributed by atoms with E-state index in [9.17, 15) is 18.0 Å². The molecule has 38 heavy (non-hydrogen) atoms. The van der Waals surface area contributed by atoms with Gasteiger partial charge in [0.1, 0.15) is 12.6 Å². The third kappa shape index (κ3) is 7.58. The lowest BCUT2D eigenvalue weighted by atomic mass is 10.1. The number of benzene rings is 3. The summed E-state index contributed by atoms with van der Waals surface area (Å²) in [6.45, 7) is 5.93. The molecule has 202 valence electrons. The fourth-order valence-corrected chi connectivity index (χ4v) is 5.53. The Morgan fingerprint density at radius 2 is 1.47 bits per heavy atom. The standard InChI is InChI=1S/C29H34ClN3O4S/c1-4-27(29(35)31-19-22(2)3)32(20-23-15-17-24(30)18-16-23)28(34)21-33(25-11-7-5-8-12-25)38(36,37)26-13-9-6-10-14-26/h5-18,22,27H,4,19-21H2,1-3H3,(H,31,35)/t27-/m1/s1. The number of halogens is 1. The van der Waals surface area contributed by atoms with Gasteiger partial charge in [-0.25, -0.2) is 8.42 Å². The van der Waals surface area contributed by atoms with Crippen LogP contribution in [-0.2, 0) is 26.2 Å². The zero-order valence-corrected chi connectivity index (χ0v) is 23.5. The largest absolute Gasteiger partial charge is 0.354 e. The lowest BCUT2D eigenvalue weighted by Crippen LogP contribution is -2.52. The predicted octanol–water partition coefficient (Wildman–Crippen LogP) is 5.11. The number of nitrogens with zero attached hydrogens (tertiary/aromatic N) is 2. The summed E-state index contributed by atoms with van der Waals surface area (Å²) < 4.78 is 28.5. The number of nitrogens with one attached hydrogen (secondary N) is 1. The maximum absolute atomic E-state index is 13.9. The summed E-state index contributed by atoms with van der Waals surface area (Å²) in [6, 6.07) is 22.7. The van der Waals surface area contributed by atoms with Gasteiger partial charge in [-0.1, -0.05) is 80.9 Å². The number of anilines is 1. The van der Waals surface area contributed by atoms with E-state index in [1.807, 2.05) is 20.8 Å². The number of amides is 2. The van der Waals surface area contributed by atoms with Crippen molar-refractivity contribution in [2.45, 2.75) is 44.7 Å². The molecule has 2 amide bonds. The van der Waals surface area contributed by atoms with Crippen molar-refractivity contribution in [3.8, 4) is 0 Å². The Morgan fingerprint density at radius 1 is 0.895 bits per heavy atom. The third-order valence-electron chi connectivity index (χ3n) is 5.99. The lowest BCUT2D eigenvalue weighted by molar-refractivity contribution is -0.140. The molecule has 0 unspecified atom stereocenters. The van der Waals surface area contributed by atoms with E-state index in [0.29, 0.717) is 23.7 Å². The zero-order valence-electron chi connectivity index (χ0n) is 21.9. The quantitative estimate of drug-likeness (QED) is 0.336. The van der Waals surface area contributed by atoms with E-state index in [0.717, 1.165) is 9.87 Å². The molecule has 0 aliphatic heterocycles. The second-order valence-corrected chi connectivity index (χ2v) is 11.7. The van der Waals surface area contributed by atoms with Crippen molar-refractivity contribution < 1.29 is 18.0 Å². The van der Waals surface area contributed by atoms with Gasteiger partial charge in [0, 0.05) is 18.1 Å². The Balaban J connectivity index is 2.00. The first-order chi connectivity index (χ1) is 18.1. The Labute approximate surface area is 230 Å². The summed E-state index contributed by atoms with van der Waals surface area (Å²) in [5.74, 6) is -0.531. The average molecular weight is 556 g/mol. The molecule has 0 radical (unpaired) electrons. The molecule has 1 atom stereocenters. The van der Waals surface area contributed by atoms with Crippen LogP contribution in [0.25, 0.3) is 0 Å². The molecule has 9 heteroatoms. The van der Waals surface area contributed by atoms with Crippen LogP contribution in [0, 0.1) is 5.92 Å². The summed E-state index contributed by atoms with van der Waals surface area (Å²) >= 11 is 6.05. The number of para-hydroxylation sites is 1. The molecule has 0 aromatic heterocycles. The van der Waals surface area contributed by atoms with Gasteiger partial charge < -0.3 is 10.2 Å². The summed E-state index contributed by atoms with van der Waals surface area (Å²) in [4.78, 5) is 28.6. The highest BCUT2D eigenvalue weighted by atomic mass is 35.5. The summed E-state index contributed by atoms with van der Waals surface area (Å²) in [6.07, 6.45) is 0.361. The lowest BCUT2D eigenvalue weighted by Gasteiger charge is -2.33. The van der Waals surface area contributed by atoms with Crippen LogP contribution in [0.3, 0.4) is 0 Å². The molecule has 0 heterocycles. The maximum Gasteiger partial charge on any atom is 0.264 e. The van der Waals surface area contributed by atoms with Crippen molar-refractivity contribution in [2.75, 3.05) is 17.4 Å². The Morgan fingerprint density at radius 3 is 2.03 bits per heavy atom. The topological polar surface area (TPSA) is 86.8 Å². The molecule has 0 saturated heterocycles. The zero-order chi connectivity index (χ0) is 27.7. The molecule has 0 fully saturated rings. The second-order valence-electron chi connectivity index (χ2n) is 9.37. The number of sulfonamides is 1. The smallest absolute Gasteiger partial charge is 0.264 e. The third-order valence-corrected chi connectivity index (χ3v) is 8.03. The average Bonchev–Trinajstić information content (AvgIpc) is 2.92. The van der Waals surface area contributed by atoms with Crippen LogP contribution in [0.2, 0.25) is 5.02 Å². The van der Waals surface area contributed by atoms with Crippen molar-refractivity contribution in [1.82, 2.24) is 10.2 Å². The molecule has 1 N–H and O–H groups in total. The first-order valence-corrected chi connectivity index (χ1v) is 14.4. The van der Waals surface area contributed by atoms with Crippen LogP contribution < -0.4 is 9.62 Å². The molecule has 0 aliphatic carbocycles. The highest BCUT2D eigenvalue weighted by Crippen LogP contribution is 2.24. The van der Waals surface area contributed by atoms with Gasteiger partial charge in [-0.15, -0.1) is 0 Å². The van der Waals surface area contributed by atoms with Gasteiger partial charge in [-0.05, 0) is 54.3 Å². The first-order valence-electron chi connectivity index (χ1n) is 12.6. The molecule has 7 nitrogen and oxygen atoms in total. The molecule has 3 rings (SSSR count). The Hall–Kier alpha value is -3.36. The first kappa shape index (κ1) is 29.2. The molecule has 3 aromatic carbocycles. The molecule has 0 saturated carbocycles. The SMILES string of the molecule is CC[C@H](C(=O)NCC(C)C)N(Cc1ccc(Cl)cc1)C(=O)CN(c1ccccc1)S(=O)(=O)c1ccccc1. The molecular weight excluding hydrogens is 522 g/mol. The minimum atomic E-state index is -4.07. The van der Waals surface area contributed by atoms with Crippen molar-refractivity contribution >= 4 is 39.1 Å². The van der Waals surface area contributed by atoms with Gasteiger partial charge >= 0.3 is 0 Å². The highest BCUT2D eigenvalue weighted by Gasteiger charge is 2.33. The number of hydrogen-bond donors (Lipinski definition) is 1. The van der Waals surface area contributed by atoms with Crippen molar-refractivity contribution in [1.29, 1.82) is 0 Å². The van der Waals surface area contributed by atoms with Crippen molar-refractivity contribution in [3.63, 3.8) is 0 Å². The van der Waals surface area contributed by atoms with Gasteiger partial charge in [0.2, 0.25) is 11.8 Å². The van der Waals surface area contributed by atoms with E-state index in [4.69, 9.17) is 11.6 Å². The number of rotatable bonds is 12. The van der Waals surface area contributed by atoms with E-state index in [2.05, 4.69) is 5.32 Å². The van der Waals surface area contributed by atoms with Gasteiger partial charge in [0.25, 0.3) is 10.0 Å². The van der Waals surface area contributed by atoms with Crippen LogP contribution in [0.4, 0.5) is 5.69 Å². The number of carbonyl (C=O) groups is 2. The predicted molar refractivity (Wildman–Crippen MR) is 151 cm³/mol. The minimum Gasteiger partial charge on any atom is -0.354 e. The van der Waals surface area contributed by atoms with E-state index in [1.54, 1.807) is 72.8 Å². The molecule has 3 aromatic rings. The van der Waals surface area contributed by atoms with Crippen LogP contribution in [-0.4, -0.2) is 44.3 Å². The van der Waals surface area contributed by atoms with E-state index >= 15 is 0 Å². The summed E-state index contributed by atoms with van der Waals surface area (Å²) in [5.41, 5.74) is 1.13. The fraction of sp³-hybridized carbons (Fsp3) is 0.310. The van der Waals surface area contributed by atoms with E-state index < -0.39 is 28.5 Å². The molecule has 0 bridgehead atoms. The number of carbonyl (C=O) groups excluding carboxylic acids is 2. The normalized spacial score (nSPS) is 12.1. The molecular formula is C29H34ClN3O4S. The second kappa shape index (κ2) is 13.4. The molecule has 0 spiro atoms. The van der Waals surface area contributed by atoms with Gasteiger partial charge in [0.15, 0.2) is 0 Å². The summed E-state index contributed by atoms with van der Waals surface area (Å²) in [5, 5.41) is 3.47. The maximum atomic E-state index is 13.9. The fourth-order valence-electron chi connectivity index (χ4n) is 3.97. The van der Waals surface area contributed by atoms with Crippen LogP contribution >= 0.6 is 11.6 Å². The Bertz CT molecular complexity index is 1300. The van der Waals surface area contributed by atoms with Crippen LogP contribution in [0.1, 0.15) is 32.8 Å². The van der Waals surface area contributed by atoms with E-state index in [1.165, 1.54) is 17.0 Å². The van der Waals surface area contributed by atoms with Crippen molar-refractivity contribution in [2.24, 2.45) is 5.92 Å². The van der Waals surface area contributed by atoms with Crippen molar-refractivity contribution in [3.05, 3.63) is 95.5 Å². The number of hydrogen-bond acceptors (Lipinski definition) is 4.